The maximum absolute atomic E-state index is 13.2. The number of ether oxygens (including phenoxy) is 1. The van der Waals surface area contributed by atoms with Crippen molar-refractivity contribution in [1.82, 2.24) is 10.3 Å². The highest BCUT2D eigenvalue weighted by atomic mass is 19.4. The average Bonchev–Trinajstić information content (AvgIpc) is 3.51. The van der Waals surface area contributed by atoms with Crippen molar-refractivity contribution in [3.63, 3.8) is 0 Å². The Morgan fingerprint density at radius 1 is 1.22 bits per heavy atom. The van der Waals surface area contributed by atoms with Crippen LogP contribution >= 0.6 is 0 Å². The van der Waals surface area contributed by atoms with Crippen molar-refractivity contribution in [3.05, 3.63) is 41.3 Å². The number of carbonyl (C=O) groups excluding carboxylic acids is 1. The fraction of sp³-hybridized carbons (Fsp3) is 0.593. The Morgan fingerprint density at radius 2 is 1.95 bits per heavy atom. The minimum absolute atomic E-state index is 0.0610. The first kappa shape index (κ1) is 27.2. The second-order valence-corrected chi connectivity index (χ2v) is 10.4. The molecule has 4 rings (SSSR count). The zero-order valence-corrected chi connectivity index (χ0v) is 21.1. The third-order valence-electron chi connectivity index (χ3n) is 7.37. The van der Waals surface area contributed by atoms with Gasteiger partial charge in [-0.2, -0.15) is 13.2 Å². The highest BCUT2D eigenvalue weighted by Gasteiger charge is 2.44. The number of hydrogen-bond acceptors (Lipinski definition) is 5. The number of alkyl halides is 3. The summed E-state index contributed by atoms with van der Waals surface area (Å²) in [6, 6.07) is 4.86. The molecule has 0 unspecified atom stereocenters. The van der Waals surface area contributed by atoms with Crippen LogP contribution in [0.15, 0.2) is 28.7 Å². The number of halogens is 3. The standard InChI is InChI=1S/C27H33F3N2O5/c1-16(2)22-21(31-24(37-22)18-8-5-9-19(13-18)27(28,29)30)15-36-20-10-6-7-17(14-20)23(33)32-26(25(34)35)11-3-4-12-26/h5,8-9,13,16-17,20H,3-4,6-7,10-12,14-15H2,1-2H3,(H,32,33)(H,34,35)/t17-,20+/m0/s1. The minimum Gasteiger partial charge on any atom is -0.480 e. The molecule has 2 atom stereocenters. The number of benzene rings is 1. The Morgan fingerprint density at radius 3 is 2.59 bits per heavy atom. The van der Waals surface area contributed by atoms with Gasteiger partial charge in [0.25, 0.3) is 0 Å². The highest BCUT2D eigenvalue weighted by Crippen LogP contribution is 2.35. The fourth-order valence-electron chi connectivity index (χ4n) is 5.31. The Bertz CT molecular complexity index is 1120. The molecule has 1 heterocycles. The number of amides is 1. The van der Waals surface area contributed by atoms with E-state index in [4.69, 9.17) is 9.15 Å². The Balaban J connectivity index is 1.42. The lowest BCUT2D eigenvalue weighted by Crippen LogP contribution is -2.54. The topological polar surface area (TPSA) is 102 Å². The van der Waals surface area contributed by atoms with E-state index in [0.29, 0.717) is 37.1 Å². The van der Waals surface area contributed by atoms with Crippen LogP contribution in [-0.2, 0) is 27.1 Å². The van der Waals surface area contributed by atoms with Crippen LogP contribution in [0.25, 0.3) is 11.5 Å². The predicted octanol–water partition coefficient (Wildman–Crippen LogP) is 6.07. The highest BCUT2D eigenvalue weighted by molar-refractivity contribution is 5.88. The van der Waals surface area contributed by atoms with E-state index in [1.54, 1.807) is 0 Å². The number of aromatic nitrogens is 1. The molecule has 0 radical (unpaired) electrons. The summed E-state index contributed by atoms with van der Waals surface area (Å²) in [5.41, 5.74) is -1.19. The van der Waals surface area contributed by atoms with E-state index in [2.05, 4.69) is 10.3 Å². The van der Waals surface area contributed by atoms with E-state index >= 15 is 0 Å². The Kier molecular flexibility index (Phi) is 7.96. The van der Waals surface area contributed by atoms with Crippen LogP contribution in [0.3, 0.4) is 0 Å². The normalized spacial score (nSPS) is 21.8. The molecule has 1 aromatic carbocycles. The fourth-order valence-corrected chi connectivity index (χ4v) is 5.31. The molecule has 10 heteroatoms. The van der Waals surface area contributed by atoms with Crippen LogP contribution in [0.1, 0.15) is 88.1 Å². The first-order chi connectivity index (χ1) is 17.5. The number of carboxylic acid groups (broad SMARTS) is 1. The lowest BCUT2D eigenvalue weighted by molar-refractivity contribution is -0.148. The molecule has 2 aliphatic rings. The number of oxazole rings is 1. The predicted molar refractivity (Wildman–Crippen MR) is 129 cm³/mol. The molecule has 202 valence electrons. The molecular weight excluding hydrogens is 489 g/mol. The third-order valence-corrected chi connectivity index (χ3v) is 7.37. The van der Waals surface area contributed by atoms with E-state index in [1.165, 1.54) is 12.1 Å². The number of carboxylic acids is 1. The van der Waals surface area contributed by atoms with Crippen molar-refractivity contribution in [3.8, 4) is 11.5 Å². The first-order valence-corrected chi connectivity index (χ1v) is 12.8. The molecule has 2 aliphatic carbocycles. The number of nitrogens with one attached hydrogen (secondary N) is 1. The molecular formula is C27H33F3N2O5. The summed E-state index contributed by atoms with van der Waals surface area (Å²) in [7, 11) is 0. The van der Waals surface area contributed by atoms with Gasteiger partial charge in [0.05, 0.1) is 18.3 Å². The van der Waals surface area contributed by atoms with Gasteiger partial charge in [-0.25, -0.2) is 9.78 Å². The van der Waals surface area contributed by atoms with E-state index in [0.717, 1.165) is 37.8 Å². The molecule has 2 saturated carbocycles. The number of carbonyl (C=O) groups is 2. The summed E-state index contributed by atoms with van der Waals surface area (Å²) in [6.07, 6.45) is 0.418. The largest absolute Gasteiger partial charge is 0.480 e. The van der Waals surface area contributed by atoms with E-state index < -0.39 is 23.2 Å². The number of rotatable bonds is 8. The summed E-state index contributed by atoms with van der Waals surface area (Å²) in [5.74, 6) is -0.973. The average molecular weight is 523 g/mol. The molecule has 0 spiro atoms. The zero-order valence-electron chi connectivity index (χ0n) is 21.1. The van der Waals surface area contributed by atoms with Gasteiger partial charge in [-0.15, -0.1) is 0 Å². The second-order valence-electron chi connectivity index (χ2n) is 10.4. The van der Waals surface area contributed by atoms with Gasteiger partial charge in [0.1, 0.15) is 17.0 Å². The monoisotopic (exact) mass is 522 g/mol. The smallest absolute Gasteiger partial charge is 0.416 e. The van der Waals surface area contributed by atoms with Gasteiger partial charge in [-0.3, -0.25) is 4.79 Å². The Hall–Kier alpha value is -2.88. The van der Waals surface area contributed by atoms with Crippen LogP contribution in [0, 0.1) is 5.92 Å². The van der Waals surface area contributed by atoms with Crippen LogP contribution < -0.4 is 5.32 Å². The number of hydrogen-bond donors (Lipinski definition) is 2. The molecule has 2 fully saturated rings. The van der Waals surface area contributed by atoms with E-state index in [-0.39, 0.29) is 41.9 Å². The second kappa shape index (κ2) is 10.8. The maximum atomic E-state index is 13.2. The van der Waals surface area contributed by atoms with Gasteiger partial charge >= 0.3 is 12.1 Å². The summed E-state index contributed by atoms with van der Waals surface area (Å²) in [4.78, 5) is 29.2. The van der Waals surface area contributed by atoms with Crippen molar-refractivity contribution < 1.29 is 37.0 Å². The minimum atomic E-state index is -4.47. The van der Waals surface area contributed by atoms with Gasteiger partial charge in [-0.05, 0) is 50.3 Å². The van der Waals surface area contributed by atoms with Crippen LogP contribution in [-0.4, -0.2) is 33.6 Å². The van der Waals surface area contributed by atoms with Crippen molar-refractivity contribution in [2.45, 2.75) is 95.6 Å². The van der Waals surface area contributed by atoms with Gasteiger partial charge < -0.3 is 19.6 Å². The third kappa shape index (κ3) is 6.17. The molecule has 0 bridgehead atoms. The van der Waals surface area contributed by atoms with Gasteiger partial charge in [0.15, 0.2) is 0 Å². The van der Waals surface area contributed by atoms with E-state index in [1.807, 2.05) is 13.8 Å². The summed E-state index contributed by atoms with van der Waals surface area (Å²) in [5, 5.41) is 12.5. The molecule has 2 aromatic rings. The van der Waals surface area contributed by atoms with Gasteiger partial charge in [0.2, 0.25) is 11.8 Å². The molecule has 2 N–H and O–H groups in total. The Labute approximate surface area is 213 Å². The van der Waals surface area contributed by atoms with Gasteiger partial charge in [0, 0.05) is 17.4 Å². The summed E-state index contributed by atoms with van der Waals surface area (Å²) >= 11 is 0. The van der Waals surface area contributed by atoms with Crippen LogP contribution in [0.4, 0.5) is 13.2 Å². The lowest BCUT2D eigenvalue weighted by Gasteiger charge is -2.32. The number of aliphatic carboxylic acids is 1. The molecule has 7 nitrogen and oxygen atoms in total. The van der Waals surface area contributed by atoms with Crippen molar-refractivity contribution in [2.75, 3.05) is 0 Å². The van der Waals surface area contributed by atoms with Crippen LogP contribution in [0.2, 0.25) is 0 Å². The maximum Gasteiger partial charge on any atom is 0.416 e. The number of nitrogens with zero attached hydrogens (tertiary/aromatic N) is 1. The molecule has 0 saturated heterocycles. The lowest BCUT2D eigenvalue weighted by atomic mass is 9.85. The van der Waals surface area contributed by atoms with Gasteiger partial charge in [-0.1, -0.05) is 39.2 Å². The quantitative estimate of drug-likeness (QED) is 0.436. The molecule has 37 heavy (non-hydrogen) atoms. The zero-order chi connectivity index (χ0) is 26.8. The summed E-state index contributed by atoms with van der Waals surface area (Å²) in [6.45, 7) is 3.92. The molecule has 1 amide bonds. The summed E-state index contributed by atoms with van der Waals surface area (Å²) < 4.78 is 51.4. The SMILES string of the molecule is CC(C)c1oc(-c2cccc(C(F)(F)F)c2)nc1CO[C@@H]1CCC[C@H](C(=O)NC2(C(=O)O)CCCC2)C1. The van der Waals surface area contributed by atoms with Crippen molar-refractivity contribution in [2.24, 2.45) is 5.92 Å². The van der Waals surface area contributed by atoms with E-state index in [9.17, 15) is 27.9 Å². The van der Waals surface area contributed by atoms with Crippen LogP contribution in [0.5, 0.6) is 0 Å². The first-order valence-electron chi connectivity index (χ1n) is 12.8. The van der Waals surface area contributed by atoms with Crippen molar-refractivity contribution >= 4 is 11.9 Å². The van der Waals surface area contributed by atoms with Crippen molar-refractivity contribution in [1.29, 1.82) is 0 Å². The molecule has 0 aliphatic heterocycles. The molecule has 1 aromatic heterocycles.